The molecule has 4 heteroatoms. The topological polar surface area (TPSA) is 50.4 Å². The van der Waals surface area contributed by atoms with Crippen molar-refractivity contribution in [3.05, 3.63) is 29.8 Å². The summed E-state index contributed by atoms with van der Waals surface area (Å²) < 4.78 is 5.13. The minimum atomic E-state index is -0.163. The molecule has 0 unspecified atom stereocenters. The van der Waals surface area contributed by atoms with Gasteiger partial charge in [0.25, 0.3) is 0 Å². The van der Waals surface area contributed by atoms with Crippen LogP contribution in [-0.4, -0.2) is 25.8 Å². The van der Waals surface area contributed by atoms with Crippen molar-refractivity contribution in [3.8, 4) is 0 Å². The lowest BCUT2D eigenvalue weighted by Gasteiger charge is -2.37. The van der Waals surface area contributed by atoms with Gasteiger partial charge in [0.05, 0.1) is 13.2 Å². The Morgan fingerprint density at radius 3 is 2.82 bits per heavy atom. The van der Waals surface area contributed by atoms with Gasteiger partial charge in [-0.2, -0.15) is 0 Å². The van der Waals surface area contributed by atoms with Crippen LogP contribution in [0.1, 0.15) is 12.5 Å². The number of amides is 2. The van der Waals surface area contributed by atoms with Gasteiger partial charge in [-0.3, -0.25) is 0 Å². The molecule has 0 aromatic heterocycles. The molecule has 0 spiro atoms. The molecule has 1 saturated heterocycles. The first-order valence-corrected chi connectivity index (χ1v) is 5.77. The van der Waals surface area contributed by atoms with E-state index in [0.29, 0.717) is 6.54 Å². The van der Waals surface area contributed by atoms with Crippen LogP contribution in [0.25, 0.3) is 0 Å². The van der Waals surface area contributed by atoms with Gasteiger partial charge in [0, 0.05) is 17.6 Å². The van der Waals surface area contributed by atoms with Crippen molar-refractivity contribution in [3.63, 3.8) is 0 Å². The summed E-state index contributed by atoms with van der Waals surface area (Å²) in [6.45, 7) is 6.18. The third-order valence-corrected chi connectivity index (χ3v) is 2.85. The van der Waals surface area contributed by atoms with E-state index in [1.165, 1.54) is 0 Å². The number of nitrogens with one attached hydrogen (secondary N) is 2. The van der Waals surface area contributed by atoms with Crippen molar-refractivity contribution in [2.45, 2.75) is 13.8 Å². The zero-order valence-corrected chi connectivity index (χ0v) is 10.2. The van der Waals surface area contributed by atoms with Crippen molar-refractivity contribution < 1.29 is 9.53 Å². The molecule has 92 valence electrons. The molecule has 0 bridgehead atoms. The van der Waals surface area contributed by atoms with Gasteiger partial charge in [0.2, 0.25) is 0 Å². The summed E-state index contributed by atoms with van der Waals surface area (Å²) in [4.78, 5) is 11.6. The van der Waals surface area contributed by atoms with E-state index in [2.05, 4.69) is 17.6 Å². The number of urea groups is 1. The number of carbonyl (C=O) groups excluding carboxylic acids is 1. The molecule has 0 atom stereocenters. The second-order valence-corrected chi connectivity index (χ2v) is 4.98. The molecular formula is C13H18N2O2. The van der Waals surface area contributed by atoms with Gasteiger partial charge in [0.1, 0.15) is 0 Å². The highest BCUT2D eigenvalue weighted by Crippen LogP contribution is 2.25. The number of carbonyl (C=O) groups is 1. The summed E-state index contributed by atoms with van der Waals surface area (Å²) in [7, 11) is 0. The van der Waals surface area contributed by atoms with Crippen LogP contribution >= 0.6 is 0 Å². The van der Waals surface area contributed by atoms with Gasteiger partial charge < -0.3 is 15.4 Å². The minimum Gasteiger partial charge on any atom is -0.380 e. The Morgan fingerprint density at radius 2 is 2.24 bits per heavy atom. The molecule has 17 heavy (non-hydrogen) atoms. The van der Waals surface area contributed by atoms with Crippen LogP contribution in [0.3, 0.4) is 0 Å². The molecular weight excluding hydrogens is 216 g/mol. The van der Waals surface area contributed by atoms with Crippen LogP contribution in [0.5, 0.6) is 0 Å². The molecule has 1 heterocycles. The lowest BCUT2D eigenvalue weighted by molar-refractivity contribution is -0.0974. The van der Waals surface area contributed by atoms with E-state index in [1.807, 2.05) is 31.2 Å². The van der Waals surface area contributed by atoms with E-state index in [9.17, 15) is 4.79 Å². The Bertz CT molecular complexity index is 414. The Balaban J connectivity index is 1.81. The van der Waals surface area contributed by atoms with Crippen LogP contribution in [0.4, 0.5) is 10.5 Å². The summed E-state index contributed by atoms with van der Waals surface area (Å²) in [5.41, 5.74) is 2.05. The van der Waals surface area contributed by atoms with E-state index in [1.54, 1.807) is 0 Å². The highest BCUT2D eigenvalue weighted by Gasteiger charge is 2.33. The van der Waals surface area contributed by atoms with E-state index < -0.39 is 0 Å². The van der Waals surface area contributed by atoms with Crippen LogP contribution in [0.15, 0.2) is 24.3 Å². The molecule has 1 fully saturated rings. The molecule has 1 aromatic carbocycles. The fraction of sp³-hybridized carbons (Fsp3) is 0.462. The number of hydrogen-bond donors (Lipinski definition) is 2. The van der Waals surface area contributed by atoms with Gasteiger partial charge in [0.15, 0.2) is 0 Å². The predicted octanol–water partition coefficient (Wildman–Crippen LogP) is 2.15. The molecule has 0 radical (unpaired) electrons. The van der Waals surface area contributed by atoms with Gasteiger partial charge in [-0.05, 0) is 24.6 Å². The van der Waals surface area contributed by atoms with Crippen molar-refractivity contribution in [2.24, 2.45) is 5.41 Å². The zero-order chi connectivity index (χ0) is 12.3. The Kier molecular flexibility index (Phi) is 3.33. The van der Waals surface area contributed by atoms with Crippen LogP contribution in [0.2, 0.25) is 0 Å². The second kappa shape index (κ2) is 4.75. The summed E-state index contributed by atoms with van der Waals surface area (Å²) in [6.07, 6.45) is 0. The number of rotatable bonds is 3. The molecule has 1 aromatic rings. The second-order valence-electron chi connectivity index (χ2n) is 4.98. The maximum Gasteiger partial charge on any atom is 0.319 e. The largest absolute Gasteiger partial charge is 0.380 e. The molecule has 0 saturated carbocycles. The Morgan fingerprint density at radius 1 is 1.47 bits per heavy atom. The molecule has 2 N–H and O–H groups in total. The van der Waals surface area contributed by atoms with E-state index in [4.69, 9.17) is 4.74 Å². The number of aryl methyl sites for hydroxylation is 1. The molecule has 2 rings (SSSR count). The molecule has 1 aliphatic rings. The number of hydrogen-bond acceptors (Lipinski definition) is 2. The normalized spacial score (nSPS) is 17.1. The summed E-state index contributed by atoms with van der Waals surface area (Å²) in [5, 5.41) is 5.68. The Labute approximate surface area is 101 Å². The molecule has 0 aliphatic carbocycles. The lowest BCUT2D eigenvalue weighted by Crippen LogP contribution is -2.49. The SMILES string of the molecule is Cc1cccc(NC(=O)NCC2(C)COC2)c1. The maximum atomic E-state index is 11.6. The first kappa shape index (κ1) is 11.9. The standard InChI is InChI=1S/C13H18N2O2/c1-10-4-3-5-11(6-10)15-12(16)14-7-13(2)8-17-9-13/h3-6H,7-9H2,1-2H3,(H2,14,15,16). The summed E-state index contributed by atoms with van der Waals surface area (Å²) >= 11 is 0. The molecule has 4 nitrogen and oxygen atoms in total. The lowest BCUT2D eigenvalue weighted by atomic mass is 9.89. The van der Waals surface area contributed by atoms with Crippen LogP contribution < -0.4 is 10.6 Å². The van der Waals surface area contributed by atoms with Crippen molar-refractivity contribution >= 4 is 11.7 Å². The Hall–Kier alpha value is -1.55. The van der Waals surface area contributed by atoms with Gasteiger partial charge in [-0.1, -0.05) is 19.1 Å². The van der Waals surface area contributed by atoms with Crippen molar-refractivity contribution in [1.29, 1.82) is 0 Å². The van der Waals surface area contributed by atoms with E-state index in [0.717, 1.165) is 24.5 Å². The quantitative estimate of drug-likeness (QED) is 0.842. The van der Waals surface area contributed by atoms with Gasteiger partial charge in [-0.25, -0.2) is 4.79 Å². The number of benzene rings is 1. The number of ether oxygens (including phenoxy) is 1. The van der Waals surface area contributed by atoms with Gasteiger partial charge >= 0.3 is 6.03 Å². The van der Waals surface area contributed by atoms with E-state index >= 15 is 0 Å². The first-order valence-electron chi connectivity index (χ1n) is 5.77. The first-order chi connectivity index (χ1) is 8.07. The van der Waals surface area contributed by atoms with Gasteiger partial charge in [-0.15, -0.1) is 0 Å². The fourth-order valence-corrected chi connectivity index (χ4v) is 1.74. The highest BCUT2D eigenvalue weighted by atomic mass is 16.5. The minimum absolute atomic E-state index is 0.101. The third kappa shape index (κ3) is 3.20. The molecule has 1 aliphatic heterocycles. The third-order valence-electron chi connectivity index (χ3n) is 2.85. The maximum absolute atomic E-state index is 11.6. The predicted molar refractivity (Wildman–Crippen MR) is 67.1 cm³/mol. The monoisotopic (exact) mass is 234 g/mol. The highest BCUT2D eigenvalue weighted by molar-refractivity contribution is 5.89. The summed E-state index contributed by atoms with van der Waals surface area (Å²) in [6, 6.07) is 7.57. The van der Waals surface area contributed by atoms with Crippen molar-refractivity contribution in [1.82, 2.24) is 5.32 Å². The smallest absolute Gasteiger partial charge is 0.319 e. The molecule has 2 amide bonds. The van der Waals surface area contributed by atoms with Crippen molar-refractivity contribution in [2.75, 3.05) is 25.1 Å². The zero-order valence-electron chi connectivity index (χ0n) is 10.2. The average Bonchev–Trinajstić information content (AvgIpc) is 2.24. The average molecular weight is 234 g/mol. The van der Waals surface area contributed by atoms with Crippen LogP contribution in [-0.2, 0) is 4.74 Å². The van der Waals surface area contributed by atoms with Crippen LogP contribution in [0, 0.1) is 12.3 Å². The fourth-order valence-electron chi connectivity index (χ4n) is 1.74. The summed E-state index contributed by atoms with van der Waals surface area (Å²) in [5.74, 6) is 0. The number of anilines is 1. The van der Waals surface area contributed by atoms with E-state index in [-0.39, 0.29) is 11.4 Å².